The summed E-state index contributed by atoms with van der Waals surface area (Å²) in [6, 6.07) is 11.5. The normalized spacial score (nSPS) is 14.1. The minimum absolute atomic E-state index is 0.0600. The van der Waals surface area contributed by atoms with E-state index < -0.39 is 0 Å². The fourth-order valence-electron chi connectivity index (χ4n) is 1.77. The number of rotatable bonds is 4. The highest BCUT2D eigenvalue weighted by Gasteiger charge is 2.25. The first-order valence-electron chi connectivity index (χ1n) is 6.42. The van der Waals surface area contributed by atoms with Crippen LogP contribution in [0.5, 0.6) is 0 Å². The maximum Gasteiger partial charge on any atom is 0.254 e. The maximum absolute atomic E-state index is 12.2. The van der Waals surface area contributed by atoms with Crippen LogP contribution < -0.4 is 5.32 Å². The number of halogens is 1. The molecule has 0 atom stereocenters. The molecule has 3 nitrogen and oxygen atoms in total. The smallest absolute Gasteiger partial charge is 0.254 e. The van der Waals surface area contributed by atoms with Crippen LogP contribution in [0.1, 0.15) is 23.2 Å². The van der Waals surface area contributed by atoms with Crippen molar-refractivity contribution < 1.29 is 4.79 Å². The molecular formula is C15H13ClN2OS. The molecule has 1 saturated carbocycles. The van der Waals surface area contributed by atoms with Crippen molar-refractivity contribution in [3.63, 3.8) is 0 Å². The Hall–Kier alpha value is -1.52. The van der Waals surface area contributed by atoms with Gasteiger partial charge in [-0.15, -0.1) is 0 Å². The molecule has 0 saturated heterocycles. The molecule has 1 aliphatic rings. The van der Waals surface area contributed by atoms with Crippen LogP contribution in [-0.4, -0.2) is 16.9 Å². The minimum atomic E-state index is -0.0600. The molecule has 3 rings (SSSR count). The van der Waals surface area contributed by atoms with E-state index in [9.17, 15) is 4.79 Å². The molecule has 0 bridgehead atoms. The van der Waals surface area contributed by atoms with Gasteiger partial charge in [-0.1, -0.05) is 35.5 Å². The van der Waals surface area contributed by atoms with E-state index >= 15 is 0 Å². The highest BCUT2D eigenvalue weighted by atomic mass is 35.5. The zero-order valence-corrected chi connectivity index (χ0v) is 12.2. The number of nitrogens with one attached hydrogen (secondary N) is 1. The zero-order chi connectivity index (χ0) is 13.9. The van der Waals surface area contributed by atoms with Gasteiger partial charge < -0.3 is 5.32 Å². The first-order valence-corrected chi connectivity index (χ1v) is 7.62. The quantitative estimate of drug-likeness (QED) is 0.934. The average molecular weight is 305 g/mol. The predicted octanol–water partition coefficient (Wildman–Crippen LogP) is 3.78. The number of aromatic nitrogens is 1. The molecule has 1 aromatic heterocycles. The summed E-state index contributed by atoms with van der Waals surface area (Å²) in [6.07, 6.45) is 3.82. The molecule has 0 aliphatic heterocycles. The fraction of sp³-hybridized carbons (Fsp3) is 0.200. The van der Waals surface area contributed by atoms with Gasteiger partial charge >= 0.3 is 0 Å². The highest BCUT2D eigenvalue weighted by molar-refractivity contribution is 7.99. The second kappa shape index (κ2) is 5.85. The number of pyridine rings is 1. The van der Waals surface area contributed by atoms with E-state index in [2.05, 4.69) is 10.3 Å². The Morgan fingerprint density at radius 3 is 2.80 bits per heavy atom. The Labute approximate surface area is 126 Å². The van der Waals surface area contributed by atoms with Crippen LogP contribution in [0, 0.1) is 0 Å². The molecule has 1 aliphatic carbocycles. The van der Waals surface area contributed by atoms with Crippen molar-refractivity contribution in [1.82, 2.24) is 10.3 Å². The summed E-state index contributed by atoms with van der Waals surface area (Å²) in [6.45, 7) is 0. The van der Waals surface area contributed by atoms with Crippen molar-refractivity contribution in [1.29, 1.82) is 0 Å². The first kappa shape index (κ1) is 13.5. The van der Waals surface area contributed by atoms with Gasteiger partial charge in [-0.25, -0.2) is 4.98 Å². The van der Waals surface area contributed by atoms with Crippen LogP contribution >= 0.6 is 23.4 Å². The summed E-state index contributed by atoms with van der Waals surface area (Å²) in [5.74, 6) is -0.0600. The van der Waals surface area contributed by atoms with Gasteiger partial charge in [0.25, 0.3) is 5.91 Å². The van der Waals surface area contributed by atoms with Gasteiger partial charge in [0.15, 0.2) is 0 Å². The molecule has 0 spiro atoms. The molecular weight excluding hydrogens is 292 g/mol. The van der Waals surface area contributed by atoms with Crippen molar-refractivity contribution in [3.05, 3.63) is 53.2 Å². The first-order chi connectivity index (χ1) is 9.74. The van der Waals surface area contributed by atoms with E-state index in [1.54, 1.807) is 18.3 Å². The molecule has 5 heteroatoms. The summed E-state index contributed by atoms with van der Waals surface area (Å²) >= 11 is 7.56. The molecule has 102 valence electrons. The van der Waals surface area contributed by atoms with Crippen LogP contribution in [0.15, 0.2) is 52.5 Å². The molecule has 1 aromatic carbocycles. The highest BCUT2D eigenvalue weighted by Crippen LogP contribution is 2.33. The lowest BCUT2D eigenvalue weighted by atomic mass is 10.2. The van der Waals surface area contributed by atoms with Gasteiger partial charge in [0.05, 0.1) is 10.6 Å². The number of carbonyl (C=O) groups is 1. The van der Waals surface area contributed by atoms with E-state index in [0.717, 1.165) is 17.7 Å². The zero-order valence-electron chi connectivity index (χ0n) is 10.7. The molecule has 20 heavy (non-hydrogen) atoms. The SMILES string of the molecule is O=C(NC1CC1)c1cccnc1Sc1ccccc1Cl. The van der Waals surface area contributed by atoms with Crippen molar-refractivity contribution >= 4 is 29.3 Å². The summed E-state index contributed by atoms with van der Waals surface area (Å²) in [4.78, 5) is 17.4. The van der Waals surface area contributed by atoms with Crippen molar-refractivity contribution in [3.8, 4) is 0 Å². The van der Waals surface area contributed by atoms with Crippen molar-refractivity contribution in [2.24, 2.45) is 0 Å². The number of benzene rings is 1. The van der Waals surface area contributed by atoms with Crippen molar-refractivity contribution in [2.75, 3.05) is 0 Å². The predicted molar refractivity (Wildman–Crippen MR) is 80.3 cm³/mol. The molecule has 2 aromatic rings. The largest absolute Gasteiger partial charge is 0.349 e. The Morgan fingerprint density at radius 2 is 2.05 bits per heavy atom. The van der Waals surface area contributed by atoms with Crippen LogP contribution in [0.25, 0.3) is 0 Å². The van der Waals surface area contributed by atoms with Gasteiger partial charge in [-0.05, 0) is 37.1 Å². The number of carbonyl (C=O) groups excluding carboxylic acids is 1. The lowest BCUT2D eigenvalue weighted by Gasteiger charge is -2.09. The van der Waals surface area contributed by atoms with Gasteiger partial charge in [0.1, 0.15) is 5.03 Å². The van der Waals surface area contributed by atoms with E-state index in [1.807, 2.05) is 24.3 Å². The monoisotopic (exact) mass is 304 g/mol. The summed E-state index contributed by atoms with van der Waals surface area (Å²) < 4.78 is 0. The second-order valence-electron chi connectivity index (χ2n) is 4.64. The number of amides is 1. The van der Waals surface area contributed by atoms with E-state index in [4.69, 9.17) is 11.6 Å². The van der Waals surface area contributed by atoms with E-state index in [-0.39, 0.29) is 5.91 Å². The van der Waals surface area contributed by atoms with Crippen LogP contribution in [0.4, 0.5) is 0 Å². The molecule has 0 radical (unpaired) electrons. The molecule has 0 unspecified atom stereocenters. The Morgan fingerprint density at radius 1 is 1.25 bits per heavy atom. The molecule has 1 fully saturated rings. The van der Waals surface area contributed by atoms with Crippen molar-refractivity contribution in [2.45, 2.75) is 28.8 Å². The lowest BCUT2D eigenvalue weighted by Crippen LogP contribution is -2.26. The Balaban J connectivity index is 1.85. The standard InChI is InChI=1S/C15H13ClN2OS/c16-12-5-1-2-6-13(12)20-15-11(4-3-9-17-15)14(19)18-10-7-8-10/h1-6,9-10H,7-8H2,(H,18,19). The van der Waals surface area contributed by atoms with Gasteiger partial charge in [-0.3, -0.25) is 4.79 Å². The van der Waals surface area contributed by atoms with Crippen LogP contribution in [0.3, 0.4) is 0 Å². The molecule has 1 amide bonds. The van der Waals surface area contributed by atoms with Crippen LogP contribution in [0.2, 0.25) is 5.02 Å². The summed E-state index contributed by atoms with van der Waals surface area (Å²) in [5.41, 5.74) is 0.601. The Kier molecular flexibility index (Phi) is 3.94. The third-order valence-electron chi connectivity index (χ3n) is 2.97. The number of hydrogen-bond donors (Lipinski definition) is 1. The maximum atomic E-state index is 12.2. The molecule has 1 heterocycles. The van der Waals surface area contributed by atoms with E-state index in [0.29, 0.717) is 21.7 Å². The fourth-order valence-corrected chi connectivity index (χ4v) is 2.92. The van der Waals surface area contributed by atoms with Gasteiger partial charge in [0, 0.05) is 17.1 Å². The minimum Gasteiger partial charge on any atom is -0.349 e. The van der Waals surface area contributed by atoms with E-state index in [1.165, 1.54) is 11.8 Å². The van der Waals surface area contributed by atoms with Gasteiger partial charge in [0.2, 0.25) is 0 Å². The Bertz CT molecular complexity index is 643. The summed E-state index contributed by atoms with van der Waals surface area (Å²) in [5, 5.41) is 4.33. The number of hydrogen-bond acceptors (Lipinski definition) is 3. The second-order valence-corrected chi connectivity index (χ2v) is 6.07. The molecule has 1 N–H and O–H groups in total. The van der Waals surface area contributed by atoms with Gasteiger partial charge in [-0.2, -0.15) is 0 Å². The third kappa shape index (κ3) is 3.14. The average Bonchev–Trinajstić information content (AvgIpc) is 3.26. The lowest BCUT2D eigenvalue weighted by molar-refractivity contribution is 0.0947. The number of nitrogens with zero attached hydrogens (tertiary/aromatic N) is 1. The topological polar surface area (TPSA) is 42.0 Å². The van der Waals surface area contributed by atoms with Crippen LogP contribution in [-0.2, 0) is 0 Å². The summed E-state index contributed by atoms with van der Waals surface area (Å²) in [7, 11) is 0. The third-order valence-corrected chi connectivity index (χ3v) is 4.51.